The summed E-state index contributed by atoms with van der Waals surface area (Å²) in [6, 6.07) is 12.8. The van der Waals surface area contributed by atoms with Gasteiger partial charge in [-0.1, -0.05) is 23.7 Å². The number of halogens is 1. The van der Waals surface area contributed by atoms with Crippen LogP contribution >= 0.6 is 11.6 Å². The summed E-state index contributed by atoms with van der Waals surface area (Å²) in [6.45, 7) is 0. The van der Waals surface area contributed by atoms with Gasteiger partial charge in [0, 0.05) is 11.6 Å². The minimum Gasteiger partial charge on any atom is -0.321 e. The molecule has 0 aromatic heterocycles. The summed E-state index contributed by atoms with van der Waals surface area (Å²) in [7, 11) is -3.51. The Morgan fingerprint density at radius 1 is 1.04 bits per heavy atom. The Morgan fingerprint density at radius 3 is 2.30 bits per heavy atom. The Morgan fingerprint density at radius 2 is 1.70 bits per heavy atom. The van der Waals surface area contributed by atoms with Gasteiger partial charge >= 0.3 is 0 Å². The van der Waals surface area contributed by atoms with Crippen LogP contribution in [0, 0.1) is 0 Å². The molecule has 0 aliphatic heterocycles. The van der Waals surface area contributed by atoms with Gasteiger partial charge in [0.1, 0.15) is 0 Å². The third-order valence-corrected chi connectivity index (χ3v) is 5.31. The zero-order valence-corrected chi connectivity index (χ0v) is 13.7. The van der Waals surface area contributed by atoms with Gasteiger partial charge in [-0.3, -0.25) is 4.79 Å². The molecule has 2 aromatic carbocycles. The van der Waals surface area contributed by atoms with Crippen LogP contribution in [0.3, 0.4) is 0 Å². The molecule has 0 heterocycles. The summed E-state index contributed by atoms with van der Waals surface area (Å²) in [5, 5.41) is 3.13. The highest BCUT2D eigenvalue weighted by atomic mass is 35.5. The molecule has 7 heteroatoms. The van der Waals surface area contributed by atoms with Gasteiger partial charge in [0.05, 0.1) is 15.6 Å². The van der Waals surface area contributed by atoms with Crippen LogP contribution in [0.2, 0.25) is 5.02 Å². The number of benzene rings is 2. The molecule has 0 saturated heterocycles. The second kappa shape index (κ2) is 6.31. The van der Waals surface area contributed by atoms with Crippen molar-refractivity contribution in [2.24, 2.45) is 0 Å². The van der Waals surface area contributed by atoms with Crippen LogP contribution in [0.15, 0.2) is 53.4 Å². The van der Waals surface area contributed by atoms with E-state index < -0.39 is 10.0 Å². The van der Waals surface area contributed by atoms with Crippen molar-refractivity contribution in [2.45, 2.75) is 23.8 Å². The fraction of sp³-hybridized carbons (Fsp3) is 0.188. The lowest BCUT2D eigenvalue weighted by atomic mass is 10.2. The van der Waals surface area contributed by atoms with Crippen molar-refractivity contribution >= 4 is 33.2 Å². The van der Waals surface area contributed by atoms with Crippen LogP contribution in [0.25, 0.3) is 0 Å². The molecule has 0 spiro atoms. The molecule has 2 N–H and O–H groups in total. The fourth-order valence-electron chi connectivity index (χ4n) is 2.03. The number of carbonyl (C=O) groups excluding carboxylic acids is 1. The first-order valence-electron chi connectivity index (χ1n) is 7.14. The Labute approximate surface area is 139 Å². The number of carbonyl (C=O) groups is 1. The van der Waals surface area contributed by atoms with E-state index in [4.69, 9.17) is 11.6 Å². The lowest BCUT2D eigenvalue weighted by Crippen LogP contribution is -2.25. The molecule has 5 nitrogen and oxygen atoms in total. The first kappa shape index (κ1) is 16.0. The highest BCUT2D eigenvalue weighted by Gasteiger charge is 2.27. The van der Waals surface area contributed by atoms with Crippen LogP contribution in [-0.2, 0) is 10.0 Å². The number of nitrogens with one attached hydrogen (secondary N) is 2. The maximum Gasteiger partial charge on any atom is 0.255 e. The van der Waals surface area contributed by atoms with E-state index >= 15 is 0 Å². The molecule has 1 aliphatic carbocycles. The molecule has 1 saturated carbocycles. The monoisotopic (exact) mass is 350 g/mol. The van der Waals surface area contributed by atoms with Crippen molar-refractivity contribution in [2.75, 3.05) is 5.32 Å². The third-order valence-electron chi connectivity index (χ3n) is 3.45. The number of hydrogen-bond acceptors (Lipinski definition) is 3. The first-order valence-corrected chi connectivity index (χ1v) is 9.00. The summed E-state index contributed by atoms with van der Waals surface area (Å²) >= 11 is 5.99. The Kier molecular flexibility index (Phi) is 4.39. The standard InChI is InChI=1S/C16H15ClN2O3S/c17-14-3-1-2-4-15(14)18-16(20)11-5-9-13(10-6-11)23(21,22)19-12-7-8-12/h1-6,9-10,12,19H,7-8H2,(H,18,20). The molecule has 1 aliphatic rings. The summed E-state index contributed by atoms with van der Waals surface area (Å²) in [5.74, 6) is -0.350. The van der Waals surface area contributed by atoms with Gasteiger partial charge in [0.15, 0.2) is 0 Å². The average Bonchev–Trinajstić information content (AvgIpc) is 3.33. The molecule has 0 unspecified atom stereocenters. The van der Waals surface area contributed by atoms with Crippen molar-refractivity contribution < 1.29 is 13.2 Å². The molecule has 0 bridgehead atoms. The van der Waals surface area contributed by atoms with E-state index in [-0.39, 0.29) is 16.8 Å². The second-order valence-corrected chi connectivity index (χ2v) is 7.48. The lowest BCUT2D eigenvalue weighted by Gasteiger charge is -2.08. The topological polar surface area (TPSA) is 75.3 Å². The summed E-state index contributed by atoms with van der Waals surface area (Å²) < 4.78 is 26.7. The minimum atomic E-state index is -3.51. The van der Waals surface area contributed by atoms with Crippen molar-refractivity contribution in [1.29, 1.82) is 0 Å². The zero-order valence-electron chi connectivity index (χ0n) is 12.1. The number of para-hydroxylation sites is 1. The van der Waals surface area contributed by atoms with Gasteiger partial charge < -0.3 is 5.32 Å². The summed E-state index contributed by atoms with van der Waals surface area (Å²) in [4.78, 5) is 12.3. The molecule has 0 atom stereocenters. The Hall–Kier alpha value is -1.89. The third kappa shape index (κ3) is 3.90. The SMILES string of the molecule is O=C(Nc1ccccc1Cl)c1ccc(S(=O)(=O)NC2CC2)cc1. The number of anilines is 1. The summed E-state index contributed by atoms with van der Waals surface area (Å²) in [6.07, 6.45) is 1.75. The van der Waals surface area contributed by atoms with Crippen LogP contribution in [0.1, 0.15) is 23.2 Å². The van der Waals surface area contributed by atoms with Crippen LogP contribution in [0.4, 0.5) is 5.69 Å². The molecule has 3 rings (SSSR count). The molecule has 23 heavy (non-hydrogen) atoms. The van der Waals surface area contributed by atoms with Crippen molar-refractivity contribution in [3.8, 4) is 0 Å². The van der Waals surface area contributed by atoms with Gasteiger partial charge in [-0.2, -0.15) is 0 Å². The smallest absolute Gasteiger partial charge is 0.255 e. The van der Waals surface area contributed by atoms with Gasteiger partial charge in [-0.15, -0.1) is 0 Å². The molecule has 1 fully saturated rings. The van der Waals surface area contributed by atoms with Gasteiger partial charge in [-0.25, -0.2) is 13.1 Å². The largest absolute Gasteiger partial charge is 0.321 e. The Balaban J connectivity index is 1.74. The number of amides is 1. The van der Waals surface area contributed by atoms with Gasteiger partial charge in [0.25, 0.3) is 5.91 Å². The van der Waals surface area contributed by atoms with E-state index in [2.05, 4.69) is 10.0 Å². The summed E-state index contributed by atoms with van der Waals surface area (Å²) in [5.41, 5.74) is 0.863. The lowest BCUT2D eigenvalue weighted by molar-refractivity contribution is 0.102. The molecule has 2 aromatic rings. The number of sulfonamides is 1. The van der Waals surface area contributed by atoms with E-state index in [1.165, 1.54) is 24.3 Å². The maximum atomic E-state index is 12.2. The van der Waals surface area contributed by atoms with E-state index in [0.717, 1.165) is 12.8 Å². The molecular weight excluding hydrogens is 336 g/mol. The number of hydrogen-bond donors (Lipinski definition) is 2. The van der Waals surface area contributed by atoms with E-state index in [1.807, 2.05) is 0 Å². The van der Waals surface area contributed by atoms with Gasteiger partial charge in [0.2, 0.25) is 10.0 Å². The highest BCUT2D eigenvalue weighted by molar-refractivity contribution is 7.89. The number of rotatable bonds is 5. The van der Waals surface area contributed by atoms with Crippen LogP contribution in [0.5, 0.6) is 0 Å². The fourth-order valence-corrected chi connectivity index (χ4v) is 3.52. The van der Waals surface area contributed by atoms with Crippen LogP contribution in [-0.4, -0.2) is 20.4 Å². The normalized spacial score (nSPS) is 14.5. The van der Waals surface area contributed by atoms with Gasteiger partial charge in [-0.05, 0) is 49.2 Å². The quantitative estimate of drug-likeness (QED) is 0.870. The Bertz CT molecular complexity index is 831. The van der Waals surface area contributed by atoms with Crippen molar-refractivity contribution in [1.82, 2.24) is 4.72 Å². The molecular formula is C16H15ClN2O3S. The molecule has 120 valence electrons. The highest BCUT2D eigenvalue weighted by Crippen LogP contribution is 2.23. The van der Waals surface area contributed by atoms with Crippen molar-refractivity contribution in [3.05, 3.63) is 59.1 Å². The molecule has 0 radical (unpaired) electrons. The minimum absolute atomic E-state index is 0.0446. The zero-order chi connectivity index (χ0) is 16.4. The van der Waals surface area contributed by atoms with E-state index in [9.17, 15) is 13.2 Å². The van der Waals surface area contributed by atoms with E-state index in [0.29, 0.717) is 16.3 Å². The predicted molar refractivity (Wildman–Crippen MR) is 89.2 cm³/mol. The first-order chi connectivity index (χ1) is 11.0. The van der Waals surface area contributed by atoms with Crippen LogP contribution < -0.4 is 10.0 Å². The predicted octanol–water partition coefficient (Wildman–Crippen LogP) is 3.03. The molecule has 1 amide bonds. The second-order valence-electron chi connectivity index (χ2n) is 5.35. The van der Waals surface area contributed by atoms with Crippen molar-refractivity contribution in [3.63, 3.8) is 0 Å². The maximum absolute atomic E-state index is 12.2. The van der Waals surface area contributed by atoms with E-state index in [1.54, 1.807) is 24.3 Å². The average molecular weight is 351 g/mol.